The normalized spacial score (nSPS) is 18.8. The summed E-state index contributed by atoms with van der Waals surface area (Å²) in [5.41, 5.74) is 6.94. The highest BCUT2D eigenvalue weighted by Gasteiger charge is 2.17. The summed E-state index contributed by atoms with van der Waals surface area (Å²) in [4.78, 5) is 0. The lowest BCUT2D eigenvalue weighted by Crippen LogP contribution is -2.24. The quantitative estimate of drug-likeness (QED) is 0.909. The van der Waals surface area contributed by atoms with Crippen LogP contribution < -0.4 is 5.73 Å². The maximum absolute atomic E-state index is 5.97. The van der Waals surface area contributed by atoms with E-state index in [1.165, 1.54) is 0 Å². The van der Waals surface area contributed by atoms with Crippen molar-refractivity contribution in [1.82, 2.24) is 0 Å². The van der Waals surface area contributed by atoms with Crippen molar-refractivity contribution in [1.29, 1.82) is 0 Å². The van der Waals surface area contributed by atoms with E-state index in [0.29, 0.717) is 12.5 Å². The van der Waals surface area contributed by atoms with Gasteiger partial charge in [-0.25, -0.2) is 0 Å². The first-order valence-corrected chi connectivity index (χ1v) is 7.23. The van der Waals surface area contributed by atoms with Gasteiger partial charge >= 0.3 is 0 Å². The molecule has 100 valence electrons. The molecule has 2 N–H and O–H groups in total. The van der Waals surface area contributed by atoms with E-state index in [4.69, 9.17) is 15.2 Å². The molecule has 1 aliphatic heterocycles. The van der Waals surface area contributed by atoms with Crippen LogP contribution in [0.15, 0.2) is 28.7 Å². The van der Waals surface area contributed by atoms with Crippen molar-refractivity contribution >= 4 is 15.9 Å². The Morgan fingerprint density at radius 1 is 1.39 bits per heavy atom. The smallest absolute Gasteiger partial charge is 0.0947 e. The average molecular weight is 314 g/mol. The third-order valence-corrected chi connectivity index (χ3v) is 3.80. The molecule has 1 saturated heterocycles. The molecule has 3 nitrogen and oxygen atoms in total. The van der Waals surface area contributed by atoms with E-state index in [1.54, 1.807) is 0 Å². The van der Waals surface area contributed by atoms with Gasteiger partial charge in [0, 0.05) is 24.2 Å². The third-order valence-electron chi connectivity index (χ3n) is 3.31. The Balaban J connectivity index is 1.88. The van der Waals surface area contributed by atoms with Gasteiger partial charge in [-0.15, -0.1) is 0 Å². The zero-order valence-electron chi connectivity index (χ0n) is 10.5. The van der Waals surface area contributed by atoms with Crippen LogP contribution in [0.3, 0.4) is 0 Å². The number of halogens is 1. The minimum atomic E-state index is -0.00894. The molecule has 2 rings (SSSR count). The zero-order valence-corrected chi connectivity index (χ0v) is 12.1. The summed E-state index contributed by atoms with van der Waals surface area (Å²) in [6, 6.07) is 8.16. The fourth-order valence-corrected chi connectivity index (χ4v) is 2.59. The van der Waals surface area contributed by atoms with Crippen LogP contribution in [0.25, 0.3) is 0 Å². The van der Waals surface area contributed by atoms with Gasteiger partial charge < -0.3 is 15.2 Å². The first-order valence-electron chi connectivity index (χ1n) is 6.44. The summed E-state index contributed by atoms with van der Waals surface area (Å²) < 4.78 is 12.4. The Labute approximate surface area is 117 Å². The Morgan fingerprint density at radius 3 is 2.83 bits per heavy atom. The molecule has 1 fully saturated rings. The minimum Gasteiger partial charge on any atom is -0.381 e. The number of benzene rings is 1. The van der Waals surface area contributed by atoms with Crippen LogP contribution in [-0.2, 0) is 9.47 Å². The van der Waals surface area contributed by atoms with Crippen LogP contribution in [0.1, 0.15) is 24.5 Å². The minimum absolute atomic E-state index is 0.00894. The Hall–Kier alpha value is -0.420. The van der Waals surface area contributed by atoms with Gasteiger partial charge in [0.1, 0.15) is 0 Å². The summed E-state index contributed by atoms with van der Waals surface area (Å²) in [5.74, 6) is 0.611. The number of ether oxygens (including phenoxy) is 2. The van der Waals surface area contributed by atoms with Gasteiger partial charge in [0.25, 0.3) is 0 Å². The van der Waals surface area contributed by atoms with Crippen LogP contribution in [0.2, 0.25) is 0 Å². The van der Waals surface area contributed by atoms with E-state index in [9.17, 15) is 0 Å². The lowest BCUT2D eigenvalue weighted by Gasteiger charge is -2.24. The van der Waals surface area contributed by atoms with Crippen LogP contribution in [0, 0.1) is 5.92 Å². The van der Waals surface area contributed by atoms with Crippen LogP contribution in [-0.4, -0.2) is 26.4 Å². The van der Waals surface area contributed by atoms with Crippen molar-refractivity contribution < 1.29 is 9.47 Å². The topological polar surface area (TPSA) is 44.5 Å². The summed E-state index contributed by atoms with van der Waals surface area (Å²) >= 11 is 3.47. The standard InChI is InChI=1S/C14H20BrNO2/c15-13-3-1-2-12(8-13)14(9-16)18-10-11-4-6-17-7-5-11/h1-3,8,11,14H,4-7,9-10,16H2. The summed E-state index contributed by atoms with van der Waals surface area (Å²) in [5, 5.41) is 0. The van der Waals surface area contributed by atoms with Crippen LogP contribution >= 0.6 is 15.9 Å². The molecule has 0 saturated carbocycles. The molecular weight excluding hydrogens is 294 g/mol. The van der Waals surface area contributed by atoms with E-state index in [1.807, 2.05) is 12.1 Å². The largest absolute Gasteiger partial charge is 0.381 e. The third kappa shape index (κ3) is 4.05. The molecule has 4 heteroatoms. The van der Waals surface area contributed by atoms with Crippen molar-refractivity contribution in [2.24, 2.45) is 11.7 Å². The van der Waals surface area contributed by atoms with Crippen molar-refractivity contribution in [3.63, 3.8) is 0 Å². The van der Waals surface area contributed by atoms with Gasteiger partial charge in [-0.2, -0.15) is 0 Å². The molecule has 0 amide bonds. The molecule has 0 radical (unpaired) electrons. The van der Waals surface area contributed by atoms with Crippen LogP contribution in [0.4, 0.5) is 0 Å². The molecule has 0 bridgehead atoms. The Bertz CT molecular complexity index is 367. The average Bonchev–Trinajstić information content (AvgIpc) is 2.41. The number of hydrogen-bond acceptors (Lipinski definition) is 3. The predicted molar refractivity (Wildman–Crippen MR) is 75.4 cm³/mol. The van der Waals surface area contributed by atoms with E-state index >= 15 is 0 Å². The van der Waals surface area contributed by atoms with Gasteiger partial charge in [0.15, 0.2) is 0 Å². The van der Waals surface area contributed by atoms with Gasteiger partial charge in [0.2, 0.25) is 0 Å². The van der Waals surface area contributed by atoms with Gasteiger partial charge in [-0.1, -0.05) is 28.1 Å². The van der Waals surface area contributed by atoms with E-state index < -0.39 is 0 Å². The lowest BCUT2D eigenvalue weighted by atomic mass is 10.0. The fraction of sp³-hybridized carbons (Fsp3) is 0.571. The highest BCUT2D eigenvalue weighted by Crippen LogP contribution is 2.23. The highest BCUT2D eigenvalue weighted by molar-refractivity contribution is 9.10. The predicted octanol–water partition coefficient (Wildman–Crippen LogP) is 2.89. The van der Waals surface area contributed by atoms with Crippen LogP contribution in [0.5, 0.6) is 0 Å². The van der Waals surface area contributed by atoms with E-state index in [0.717, 1.165) is 42.7 Å². The molecule has 18 heavy (non-hydrogen) atoms. The first kappa shape index (κ1) is 14.0. The number of nitrogens with two attached hydrogens (primary N) is 1. The van der Waals surface area contributed by atoms with Crippen molar-refractivity contribution in [2.75, 3.05) is 26.4 Å². The molecule has 1 aliphatic rings. The van der Waals surface area contributed by atoms with E-state index in [-0.39, 0.29) is 6.10 Å². The molecule has 1 atom stereocenters. The molecule has 0 aromatic heterocycles. The maximum atomic E-state index is 5.97. The Kier molecular flexibility index (Phi) is 5.63. The van der Waals surface area contributed by atoms with E-state index in [2.05, 4.69) is 28.1 Å². The maximum Gasteiger partial charge on any atom is 0.0947 e. The SMILES string of the molecule is NCC(OCC1CCOCC1)c1cccc(Br)c1. The molecule has 1 aromatic rings. The second-order valence-corrected chi connectivity index (χ2v) is 5.58. The summed E-state index contributed by atoms with van der Waals surface area (Å²) in [6.07, 6.45) is 2.18. The molecule has 0 aliphatic carbocycles. The highest BCUT2D eigenvalue weighted by atomic mass is 79.9. The monoisotopic (exact) mass is 313 g/mol. The lowest BCUT2D eigenvalue weighted by molar-refractivity contribution is -0.00874. The molecule has 1 heterocycles. The second kappa shape index (κ2) is 7.24. The summed E-state index contributed by atoms with van der Waals surface area (Å²) in [6.45, 7) is 3.01. The Morgan fingerprint density at radius 2 is 2.17 bits per heavy atom. The number of hydrogen-bond donors (Lipinski definition) is 1. The molecule has 1 aromatic carbocycles. The van der Waals surface area contributed by atoms with Gasteiger partial charge in [0.05, 0.1) is 12.7 Å². The van der Waals surface area contributed by atoms with Crippen molar-refractivity contribution in [2.45, 2.75) is 18.9 Å². The fourth-order valence-electron chi connectivity index (χ4n) is 2.17. The summed E-state index contributed by atoms with van der Waals surface area (Å²) in [7, 11) is 0. The van der Waals surface area contributed by atoms with Gasteiger partial charge in [-0.3, -0.25) is 0 Å². The van der Waals surface area contributed by atoms with Crippen molar-refractivity contribution in [3.8, 4) is 0 Å². The molecular formula is C14H20BrNO2. The van der Waals surface area contributed by atoms with Crippen molar-refractivity contribution in [3.05, 3.63) is 34.3 Å². The van der Waals surface area contributed by atoms with Gasteiger partial charge in [-0.05, 0) is 36.5 Å². The second-order valence-electron chi connectivity index (χ2n) is 4.67. The number of rotatable bonds is 5. The molecule has 0 spiro atoms. The first-order chi connectivity index (χ1) is 8.79. The molecule has 1 unspecified atom stereocenters. The zero-order chi connectivity index (χ0) is 12.8.